The van der Waals surface area contributed by atoms with E-state index in [1.165, 1.54) is 11.1 Å². The van der Waals surface area contributed by atoms with Crippen LogP contribution in [0.2, 0.25) is 0 Å². The molecule has 0 aliphatic carbocycles. The average Bonchev–Trinajstić information content (AvgIpc) is 2.26. The third-order valence-electron chi connectivity index (χ3n) is 3.72. The number of hydrogen-bond donors (Lipinski definition) is 0. The summed E-state index contributed by atoms with van der Waals surface area (Å²) >= 11 is 3.62. The Balaban J connectivity index is 2.64. The number of aromatic nitrogens is 1. The normalized spacial score (nSPS) is 13.2. The van der Waals surface area contributed by atoms with Crippen molar-refractivity contribution in [3.8, 4) is 0 Å². The van der Waals surface area contributed by atoms with Crippen LogP contribution in [0.1, 0.15) is 53.2 Å². The van der Waals surface area contributed by atoms with Gasteiger partial charge in [0.1, 0.15) is 0 Å². The van der Waals surface area contributed by atoms with Crippen molar-refractivity contribution >= 4 is 26.8 Å². The summed E-state index contributed by atoms with van der Waals surface area (Å²) in [5.41, 5.74) is 2.60. The molecule has 0 saturated heterocycles. The molecule has 108 valence electrons. The van der Waals surface area contributed by atoms with Gasteiger partial charge in [-0.3, -0.25) is 4.98 Å². The van der Waals surface area contributed by atoms with Crippen LogP contribution in [0.15, 0.2) is 34.8 Å². The molecule has 1 nitrogen and oxygen atoms in total. The fourth-order valence-corrected chi connectivity index (χ4v) is 3.94. The van der Waals surface area contributed by atoms with Crippen molar-refractivity contribution in [2.75, 3.05) is 0 Å². The van der Waals surface area contributed by atoms with E-state index >= 15 is 0 Å². The summed E-state index contributed by atoms with van der Waals surface area (Å²) in [4.78, 5) is 4.96. The van der Waals surface area contributed by atoms with Crippen LogP contribution in [0.4, 0.5) is 0 Å². The summed E-state index contributed by atoms with van der Waals surface area (Å²) < 4.78 is 1.07. The zero-order valence-corrected chi connectivity index (χ0v) is 14.9. The smallest absolute Gasteiger partial charge is 0.0847 e. The van der Waals surface area contributed by atoms with E-state index in [-0.39, 0.29) is 10.8 Å². The van der Waals surface area contributed by atoms with Gasteiger partial charge in [0.25, 0.3) is 0 Å². The van der Waals surface area contributed by atoms with Gasteiger partial charge in [-0.25, -0.2) is 0 Å². The van der Waals surface area contributed by atoms with Gasteiger partial charge in [-0.05, 0) is 38.9 Å². The van der Waals surface area contributed by atoms with E-state index in [9.17, 15) is 0 Å². The molecule has 2 heteroatoms. The largest absolute Gasteiger partial charge is 0.251 e. The molecule has 0 aliphatic heterocycles. The summed E-state index contributed by atoms with van der Waals surface area (Å²) in [6, 6.07) is 10.6. The number of rotatable bonds is 1. The Morgan fingerprint density at radius 2 is 1.50 bits per heavy atom. The van der Waals surface area contributed by atoms with Gasteiger partial charge in [0.2, 0.25) is 0 Å². The van der Waals surface area contributed by atoms with Crippen LogP contribution in [0.5, 0.6) is 0 Å². The van der Waals surface area contributed by atoms with E-state index in [4.69, 9.17) is 4.98 Å². The molecule has 0 spiro atoms. The van der Waals surface area contributed by atoms with Gasteiger partial charge < -0.3 is 0 Å². The standard InChI is InChI=1S/C18H24BrN/c1-17(2,3)16(18(4,5)6)14-11-10-12-8-7-9-13(19)15(12)20-14/h7-11,16H,1-6H3. The predicted molar refractivity (Wildman–Crippen MR) is 91.1 cm³/mol. The minimum atomic E-state index is 0.181. The molecule has 0 N–H and O–H groups in total. The Hall–Kier alpha value is -0.890. The number of pyridine rings is 1. The first-order valence-corrected chi connectivity index (χ1v) is 7.95. The molecule has 0 atom stereocenters. The minimum Gasteiger partial charge on any atom is -0.251 e. The lowest BCUT2D eigenvalue weighted by Crippen LogP contribution is -2.31. The quantitative estimate of drug-likeness (QED) is 0.607. The molecule has 0 aliphatic rings. The lowest BCUT2D eigenvalue weighted by Gasteiger charge is -2.40. The maximum absolute atomic E-state index is 4.96. The van der Waals surface area contributed by atoms with Crippen LogP contribution in [-0.2, 0) is 0 Å². The molecule has 0 amide bonds. The fourth-order valence-electron chi connectivity index (χ4n) is 3.47. The van der Waals surface area contributed by atoms with Gasteiger partial charge in [0.05, 0.1) is 5.52 Å². The van der Waals surface area contributed by atoms with Gasteiger partial charge in [0, 0.05) is 21.5 Å². The SMILES string of the molecule is CC(C)(C)C(c1ccc2cccc(Br)c2n1)C(C)(C)C. The van der Waals surface area contributed by atoms with Gasteiger partial charge in [-0.1, -0.05) is 59.7 Å². The molecule has 0 unspecified atom stereocenters. The Labute approximate surface area is 130 Å². The van der Waals surface area contributed by atoms with Crippen LogP contribution in [0.25, 0.3) is 10.9 Å². The second-order valence-corrected chi connectivity index (χ2v) is 8.57. The molecule has 1 aromatic heterocycles. The van der Waals surface area contributed by atoms with E-state index in [0.29, 0.717) is 5.92 Å². The third-order valence-corrected chi connectivity index (χ3v) is 4.36. The van der Waals surface area contributed by atoms with Crippen LogP contribution in [0, 0.1) is 10.8 Å². The van der Waals surface area contributed by atoms with Crippen LogP contribution < -0.4 is 0 Å². The van der Waals surface area contributed by atoms with Crippen molar-refractivity contribution < 1.29 is 0 Å². The molecule has 0 radical (unpaired) electrons. The molecule has 0 bridgehead atoms. The summed E-state index contributed by atoms with van der Waals surface area (Å²) in [6.45, 7) is 13.8. The predicted octanol–water partition coefficient (Wildman–Crippen LogP) is 6.17. The molecule has 2 aromatic rings. The molecule has 2 rings (SSSR count). The Kier molecular flexibility index (Phi) is 3.98. The number of hydrogen-bond acceptors (Lipinski definition) is 1. The van der Waals surface area contributed by atoms with E-state index in [2.05, 4.69) is 87.8 Å². The van der Waals surface area contributed by atoms with Crippen molar-refractivity contribution in [1.29, 1.82) is 0 Å². The maximum atomic E-state index is 4.96. The van der Waals surface area contributed by atoms with Crippen LogP contribution in [-0.4, -0.2) is 4.98 Å². The summed E-state index contributed by atoms with van der Waals surface area (Å²) in [5, 5.41) is 1.18. The topological polar surface area (TPSA) is 12.9 Å². The highest BCUT2D eigenvalue weighted by Gasteiger charge is 2.37. The number of nitrogens with zero attached hydrogens (tertiary/aromatic N) is 1. The second kappa shape index (κ2) is 5.14. The zero-order chi connectivity index (χ0) is 15.1. The zero-order valence-electron chi connectivity index (χ0n) is 13.3. The second-order valence-electron chi connectivity index (χ2n) is 7.71. The fraction of sp³-hybridized carbons (Fsp3) is 0.500. The first-order chi connectivity index (χ1) is 9.10. The molecular weight excluding hydrogens is 310 g/mol. The number of benzene rings is 1. The van der Waals surface area contributed by atoms with Crippen molar-refractivity contribution in [1.82, 2.24) is 4.98 Å². The summed E-state index contributed by atoms with van der Waals surface area (Å²) in [7, 11) is 0. The van der Waals surface area contributed by atoms with Gasteiger partial charge in [-0.15, -0.1) is 0 Å². The maximum Gasteiger partial charge on any atom is 0.0847 e. The van der Waals surface area contributed by atoms with E-state index in [1.807, 2.05) is 0 Å². The van der Waals surface area contributed by atoms with Crippen LogP contribution in [0.3, 0.4) is 0 Å². The first-order valence-electron chi connectivity index (χ1n) is 7.16. The Bertz CT molecular complexity index is 603. The third kappa shape index (κ3) is 3.06. The molecule has 20 heavy (non-hydrogen) atoms. The van der Waals surface area contributed by atoms with Crippen molar-refractivity contribution in [2.45, 2.75) is 47.5 Å². The lowest BCUT2D eigenvalue weighted by atomic mass is 9.65. The minimum absolute atomic E-state index is 0.181. The average molecular weight is 334 g/mol. The summed E-state index contributed by atoms with van der Waals surface area (Å²) in [5.74, 6) is 0.409. The highest BCUT2D eigenvalue weighted by molar-refractivity contribution is 9.10. The molecule has 1 aromatic carbocycles. The molecular formula is C18H24BrN. The lowest BCUT2D eigenvalue weighted by molar-refractivity contribution is 0.172. The number of halogens is 1. The Morgan fingerprint density at radius 1 is 0.900 bits per heavy atom. The van der Waals surface area contributed by atoms with Crippen molar-refractivity contribution in [3.05, 3.63) is 40.5 Å². The highest BCUT2D eigenvalue weighted by atomic mass is 79.9. The van der Waals surface area contributed by atoms with Crippen LogP contribution >= 0.6 is 15.9 Å². The van der Waals surface area contributed by atoms with E-state index in [0.717, 1.165) is 9.99 Å². The number of fused-ring (bicyclic) bond motifs is 1. The summed E-state index contributed by atoms with van der Waals surface area (Å²) in [6.07, 6.45) is 0. The van der Waals surface area contributed by atoms with Crippen molar-refractivity contribution in [2.24, 2.45) is 10.8 Å². The number of para-hydroxylation sites is 1. The first kappa shape index (κ1) is 15.5. The van der Waals surface area contributed by atoms with Gasteiger partial charge >= 0.3 is 0 Å². The van der Waals surface area contributed by atoms with E-state index < -0.39 is 0 Å². The molecule has 0 saturated carbocycles. The molecule has 0 fully saturated rings. The van der Waals surface area contributed by atoms with Crippen molar-refractivity contribution in [3.63, 3.8) is 0 Å². The van der Waals surface area contributed by atoms with Gasteiger partial charge in [0.15, 0.2) is 0 Å². The highest BCUT2D eigenvalue weighted by Crippen LogP contribution is 2.47. The monoisotopic (exact) mass is 333 g/mol. The Morgan fingerprint density at radius 3 is 2.05 bits per heavy atom. The van der Waals surface area contributed by atoms with E-state index in [1.54, 1.807) is 0 Å². The van der Waals surface area contributed by atoms with Gasteiger partial charge in [-0.2, -0.15) is 0 Å². The molecule has 1 heterocycles.